The lowest BCUT2D eigenvalue weighted by atomic mass is 10.1. The fraction of sp³-hybridized carbons (Fsp3) is 0.429. The lowest BCUT2D eigenvalue weighted by Crippen LogP contribution is -2.22. The van der Waals surface area contributed by atoms with Crippen LogP contribution >= 0.6 is 0 Å². The SMILES string of the molecule is CC1=CC(C(F)(F)F)=CCN1[O-]. The summed E-state index contributed by atoms with van der Waals surface area (Å²) in [5, 5.41) is 11.2. The molecule has 0 atom stereocenters. The van der Waals surface area contributed by atoms with E-state index < -0.39 is 11.7 Å². The van der Waals surface area contributed by atoms with E-state index in [0.29, 0.717) is 5.06 Å². The van der Waals surface area contributed by atoms with E-state index in [-0.39, 0.29) is 12.2 Å². The summed E-state index contributed by atoms with van der Waals surface area (Å²) in [6.07, 6.45) is -2.63. The Kier molecular flexibility index (Phi) is 2.14. The highest BCUT2D eigenvalue weighted by Crippen LogP contribution is 2.29. The first kappa shape index (κ1) is 9.12. The minimum atomic E-state index is -4.34. The molecule has 0 aromatic heterocycles. The van der Waals surface area contributed by atoms with E-state index in [1.807, 2.05) is 0 Å². The van der Waals surface area contributed by atoms with Crippen molar-refractivity contribution in [1.29, 1.82) is 0 Å². The largest absolute Gasteiger partial charge is 0.758 e. The van der Waals surface area contributed by atoms with Gasteiger partial charge in [0.1, 0.15) is 0 Å². The normalized spacial score (nSPS) is 18.9. The first-order valence-electron chi connectivity index (χ1n) is 3.31. The van der Waals surface area contributed by atoms with E-state index in [1.54, 1.807) is 0 Å². The molecule has 0 fully saturated rings. The number of nitrogens with zero attached hydrogens (tertiary/aromatic N) is 1. The zero-order valence-electron chi connectivity index (χ0n) is 6.35. The summed E-state index contributed by atoms with van der Waals surface area (Å²) in [5.41, 5.74) is -0.656. The number of hydroxylamine groups is 2. The van der Waals surface area contributed by atoms with Crippen molar-refractivity contribution in [2.24, 2.45) is 0 Å². The summed E-state index contributed by atoms with van der Waals surface area (Å²) in [4.78, 5) is 0. The molecule has 0 unspecified atom stereocenters. The summed E-state index contributed by atoms with van der Waals surface area (Å²) in [6, 6.07) is 0. The third-order valence-electron chi connectivity index (χ3n) is 1.56. The molecule has 0 N–H and O–H groups in total. The van der Waals surface area contributed by atoms with Crippen molar-refractivity contribution >= 4 is 0 Å². The Bertz CT molecular complexity index is 242. The number of hydrogen-bond donors (Lipinski definition) is 0. The Hall–Kier alpha value is -0.970. The van der Waals surface area contributed by atoms with Crippen LogP contribution in [0.15, 0.2) is 23.4 Å². The third kappa shape index (κ3) is 1.79. The summed E-state index contributed by atoms with van der Waals surface area (Å²) in [5.74, 6) is 0. The highest BCUT2D eigenvalue weighted by molar-refractivity contribution is 5.30. The minimum Gasteiger partial charge on any atom is -0.758 e. The van der Waals surface area contributed by atoms with Gasteiger partial charge in [-0.2, -0.15) is 13.2 Å². The first-order chi connectivity index (χ1) is 5.41. The molecule has 1 aliphatic rings. The lowest BCUT2D eigenvalue weighted by Gasteiger charge is -2.33. The highest BCUT2D eigenvalue weighted by atomic mass is 19.4. The Balaban J connectivity index is 2.85. The van der Waals surface area contributed by atoms with Gasteiger partial charge in [0.05, 0.1) is 5.57 Å². The molecule has 68 valence electrons. The molecule has 0 aromatic carbocycles. The van der Waals surface area contributed by atoms with Gasteiger partial charge in [-0.05, 0) is 13.0 Å². The molecule has 1 heterocycles. The van der Waals surface area contributed by atoms with Gasteiger partial charge in [-0.15, -0.1) is 0 Å². The summed E-state index contributed by atoms with van der Waals surface area (Å²) in [7, 11) is 0. The van der Waals surface area contributed by atoms with E-state index in [0.717, 1.165) is 12.2 Å². The van der Waals surface area contributed by atoms with Gasteiger partial charge >= 0.3 is 6.18 Å². The van der Waals surface area contributed by atoms with Crippen LogP contribution in [0.25, 0.3) is 0 Å². The second-order valence-corrected chi connectivity index (χ2v) is 2.50. The van der Waals surface area contributed by atoms with Crippen LogP contribution in [0.1, 0.15) is 6.92 Å². The van der Waals surface area contributed by atoms with E-state index in [2.05, 4.69) is 0 Å². The average molecular weight is 178 g/mol. The summed E-state index contributed by atoms with van der Waals surface area (Å²) >= 11 is 0. The average Bonchev–Trinajstić information content (AvgIpc) is 1.92. The van der Waals surface area contributed by atoms with Crippen molar-refractivity contribution in [2.75, 3.05) is 6.54 Å². The molecular weight excluding hydrogens is 171 g/mol. The molecule has 0 aromatic rings. The number of alkyl halides is 3. The van der Waals surface area contributed by atoms with Crippen LogP contribution in [-0.2, 0) is 0 Å². The van der Waals surface area contributed by atoms with Crippen LogP contribution in [0.3, 0.4) is 0 Å². The molecular formula is C7H7F3NO-. The molecule has 0 bridgehead atoms. The van der Waals surface area contributed by atoms with Crippen molar-refractivity contribution in [2.45, 2.75) is 13.1 Å². The second kappa shape index (κ2) is 2.82. The van der Waals surface area contributed by atoms with E-state index in [4.69, 9.17) is 0 Å². The zero-order valence-corrected chi connectivity index (χ0v) is 6.35. The molecule has 0 amide bonds. The predicted octanol–water partition coefficient (Wildman–Crippen LogP) is 2.19. The number of allylic oxidation sites excluding steroid dienone is 3. The predicted molar refractivity (Wildman–Crippen MR) is 38.0 cm³/mol. The van der Waals surface area contributed by atoms with Crippen LogP contribution in [0.5, 0.6) is 0 Å². The van der Waals surface area contributed by atoms with Gasteiger partial charge in [0, 0.05) is 12.2 Å². The van der Waals surface area contributed by atoms with Crippen LogP contribution in [-0.4, -0.2) is 17.8 Å². The van der Waals surface area contributed by atoms with Gasteiger partial charge in [0.25, 0.3) is 0 Å². The third-order valence-corrected chi connectivity index (χ3v) is 1.56. The topological polar surface area (TPSA) is 26.3 Å². The number of rotatable bonds is 0. The summed E-state index contributed by atoms with van der Waals surface area (Å²) < 4.78 is 36.0. The van der Waals surface area contributed by atoms with Crippen molar-refractivity contribution in [3.8, 4) is 0 Å². The molecule has 5 heteroatoms. The maximum Gasteiger partial charge on any atom is 0.416 e. The van der Waals surface area contributed by atoms with Gasteiger partial charge in [-0.1, -0.05) is 6.08 Å². The lowest BCUT2D eigenvalue weighted by molar-refractivity contribution is -0.0889. The molecule has 0 saturated carbocycles. The van der Waals surface area contributed by atoms with Crippen LogP contribution in [0.4, 0.5) is 13.2 Å². The molecule has 0 aliphatic carbocycles. The molecule has 2 nitrogen and oxygen atoms in total. The maximum absolute atomic E-state index is 12.0. The quantitative estimate of drug-likeness (QED) is 0.568. The molecule has 0 radical (unpaired) electrons. The molecule has 1 rings (SSSR count). The Morgan fingerprint density at radius 1 is 1.50 bits per heavy atom. The van der Waals surface area contributed by atoms with Gasteiger partial charge < -0.3 is 10.3 Å². The first-order valence-corrected chi connectivity index (χ1v) is 3.31. The van der Waals surface area contributed by atoms with E-state index >= 15 is 0 Å². The van der Waals surface area contributed by atoms with Gasteiger partial charge in [0.2, 0.25) is 0 Å². The number of halogens is 3. The standard InChI is InChI=1S/C7H7F3NO/c1-5-4-6(7(8,9)10)2-3-11(5)12/h2,4H,3H2,1H3/q-1. The van der Waals surface area contributed by atoms with Crippen molar-refractivity contribution in [3.63, 3.8) is 0 Å². The minimum absolute atomic E-state index is 0.0878. The molecule has 12 heavy (non-hydrogen) atoms. The van der Waals surface area contributed by atoms with Crippen molar-refractivity contribution < 1.29 is 13.2 Å². The highest BCUT2D eigenvalue weighted by Gasteiger charge is 2.32. The van der Waals surface area contributed by atoms with E-state index in [9.17, 15) is 18.4 Å². The van der Waals surface area contributed by atoms with Gasteiger partial charge in [-0.3, -0.25) is 0 Å². The Labute approximate surface area is 67.5 Å². The number of hydrogen-bond acceptors (Lipinski definition) is 2. The monoisotopic (exact) mass is 178 g/mol. The van der Waals surface area contributed by atoms with Crippen molar-refractivity contribution in [3.05, 3.63) is 28.6 Å². The smallest absolute Gasteiger partial charge is 0.416 e. The Morgan fingerprint density at radius 3 is 2.50 bits per heavy atom. The van der Waals surface area contributed by atoms with Gasteiger partial charge in [-0.25, -0.2) is 0 Å². The van der Waals surface area contributed by atoms with Crippen molar-refractivity contribution in [1.82, 2.24) is 5.06 Å². The molecule has 0 spiro atoms. The molecule has 1 aliphatic heterocycles. The second-order valence-electron chi connectivity index (χ2n) is 2.50. The maximum atomic E-state index is 12.0. The summed E-state index contributed by atoms with van der Waals surface area (Å²) in [6.45, 7) is 1.13. The Morgan fingerprint density at radius 2 is 2.08 bits per heavy atom. The fourth-order valence-electron chi connectivity index (χ4n) is 0.879. The van der Waals surface area contributed by atoms with Crippen LogP contribution < -0.4 is 0 Å². The van der Waals surface area contributed by atoms with Gasteiger partial charge in [0.15, 0.2) is 0 Å². The fourth-order valence-corrected chi connectivity index (χ4v) is 0.879. The zero-order chi connectivity index (χ0) is 9.35. The molecule has 0 saturated heterocycles. The van der Waals surface area contributed by atoms with E-state index in [1.165, 1.54) is 6.92 Å². The van der Waals surface area contributed by atoms with Crippen LogP contribution in [0, 0.1) is 5.21 Å². The van der Waals surface area contributed by atoms with Crippen LogP contribution in [0.2, 0.25) is 0 Å².